The molecule has 3 fully saturated rings. The summed E-state index contributed by atoms with van der Waals surface area (Å²) in [5.41, 5.74) is -5.59. The first-order valence-corrected chi connectivity index (χ1v) is 14.7. The second-order valence-electron chi connectivity index (χ2n) is 13.0. The molecule has 2 aromatic carbocycles. The van der Waals surface area contributed by atoms with Crippen LogP contribution in [0.1, 0.15) is 74.6 Å². The second-order valence-corrected chi connectivity index (χ2v) is 13.0. The van der Waals surface area contributed by atoms with Gasteiger partial charge in [-0.05, 0) is 93.8 Å². The zero-order valence-electron chi connectivity index (χ0n) is 24.3. The third-order valence-electron chi connectivity index (χ3n) is 9.90. The molecule has 0 unspecified atom stereocenters. The van der Waals surface area contributed by atoms with Crippen molar-refractivity contribution in [3.63, 3.8) is 0 Å². The van der Waals surface area contributed by atoms with Gasteiger partial charge in [-0.25, -0.2) is 4.39 Å². The first-order chi connectivity index (χ1) is 20.0. The van der Waals surface area contributed by atoms with E-state index in [0.717, 1.165) is 45.6 Å². The summed E-state index contributed by atoms with van der Waals surface area (Å²) in [5, 5.41) is 2.92. The number of halogens is 7. The predicted octanol–water partition coefficient (Wildman–Crippen LogP) is 7.41. The Balaban J connectivity index is 1.40. The molecular weight excluding hydrogens is 577 g/mol. The molecule has 2 aromatic rings. The molecule has 2 saturated heterocycles. The number of nitrogens with zero attached hydrogens (tertiary/aromatic N) is 1. The Hall–Kier alpha value is -2.66. The molecule has 0 radical (unpaired) electrons. The lowest BCUT2D eigenvalue weighted by molar-refractivity contribution is -0.143. The maximum absolute atomic E-state index is 16.2. The quantitative estimate of drug-likeness (QED) is 0.357. The molecule has 3 atom stereocenters. The maximum Gasteiger partial charge on any atom is 0.416 e. The highest BCUT2D eigenvalue weighted by Crippen LogP contribution is 2.45. The van der Waals surface area contributed by atoms with Crippen LogP contribution in [-0.2, 0) is 32.8 Å². The molecule has 0 bridgehead atoms. The van der Waals surface area contributed by atoms with Gasteiger partial charge in [-0.3, -0.25) is 9.69 Å². The molecule has 1 saturated carbocycles. The van der Waals surface area contributed by atoms with Gasteiger partial charge < -0.3 is 10.1 Å². The van der Waals surface area contributed by atoms with Crippen LogP contribution >= 0.6 is 0 Å². The number of likely N-dealkylation sites (tertiary alicyclic amines) is 1. The number of nitrogens with one attached hydrogen (secondary N) is 1. The average Bonchev–Trinajstić information content (AvgIpc) is 3.41. The number of benzene rings is 2. The number of hydrogen-bond donors (Lipinski definition) is 1. The van der Waals surface area contributed by atoms with Gasteiger partial charge in [-0.15, -0.1) is 0 Å². The van der Waals surface area contributed by atoms with Crippen molar-refractivity contribution in [2.45, 2.75) is 87.9 Å². The molecule has 236 valence electrons. The van der Waals surface area contributed by atoms with Crippen LogP contribution in [0.3, 0.4) is 0 Å². The van der Waals surface area contributed by atoms with E-state index in [2.05, 4.69) is 10.2 Å². The SMILES string of the molecule is CC(C)(C(=O)N[C@@]1(c2ccccc2)CC[C@@H](N2CCC3(CCOC3)CC2)[C@@H](F)C1)c1cc(C(F)(F)F)cc(C(F)(F)F)c1. The monoisotopic (exact) mass is 614 g/mol. The lowest BCUT2D eigenvalue weighted by Gasteiger charge is -2.49. The minimum absolute atomic E-state index is 0.0417. The van der Waals surface area contributed by atoms with E-state index < -0.39 is 52.1 Å². The molecular formula is C32H37F7N2O2. The van der Waals surface area contributed by atoms with Gasteiger partial charge in [0.2, 0.25) is 5.91 Å². The molecule has 2 aliphatic heterocycles. The number of rotatable bonds is 5. The Morgan fingerprint density at radius 3 is 1.98 bits per heavy atom. The van der Waals surface area contributed by atoms with Crippen LogP contribution in [0.15, 0.2) is 48.5 Å². The van der Waals surface area contributed by atoms with Crippen molar-refractivity contribution in [1.29, 1.82) is 0 Å². The first kappa shape index (κ1) is 31.8. The second kappa shape index (κ2) is 11.4. The van der Waals surface area contributed by atoms with Gasteiger partial charge in [-0.1, -0.05) is 30.3 Å². The molecule has 1 spiro atoms. The Bertz CT molecular complexity index is 1260. The van der Waals surface area contributed by atoms with Gasteiger partial charge in [0, 0.05) is 19.1 Å². The number of ether oxygens (including phenoxy) is 1. The van der Waals surface area contributed by atoms with Crippen LogP contribution in [0.2, 0.25) is 0 Å². The van der Waals surface area contributed by atoms with Crippen LogP contribution in [0.5, 0.6) is 0 Å². The zero-order chi connectivity index (χ0) is 31.3. The molecule has 4 nitrogen and oxygen atoms in total. The lowest BCUT2D eigenvalue weighted by Crippen LogP contribution is -2.59. The third kappa shape index (κ3) is 6.43. The van der Waals surface area contributed by atoms with Crippen molar-refractivity contribution in [3.05, 3.63) is 70.8 Å². The Kier molecular flexibility index (Phi) is 8.39. The highest BCUT2D eigenvalue weighted by atomic mass is 19.4. The maximum atomic E-state index is 16.2. The number of amides is 1. The van der Waals surface area contributed by atoms with Gasteiger partial charge in [-0.2, -0.15) is 26.3 Å². The summed E-state index contributed by atoms with van der Waals surface area (Å²) in [6, 6.07) is 9.66. The Morgan fingerprint density at radius 1 is 0.884 bits per heavy atom. The van der Waals surface area contributed by atoms with Crippen LogP contribution in [0.4, 0.5) is 30.7 Å². The van der Waals surface area contributed by atoms with E-state index >= 15 is 4.39 Å². The van der Waals surface area contributed by atoms with E-state index in [1.807, 2.05) is 0 Å². The summed E-state index contributed by atoms with van der Waals surface area (Å²) in [5.74, 6) is -0.782. The van der Waals surface area contributed by atoms with E-state index in [0.29, 0.717) is 30.5 Å². The van der Waals surface area contributed by atoms with Crippen LogP contribution in [0.25, 0.3) is 0 Å². The summed E-state index contributed by atoms with van der Waals surface area (Å²) in [4.78, 5) is 16.0. The predicted molar refractivity (Wildman–Crippen MR) is 147 cm³/mol. The van der Waals surface area contributed by atoms with Gasteiger partial charge in [0.25, 0.3) is 0 Å². The van der Waals surface area contributed by atoms with Crippen molar-refractivity contribution in [2.75, 3.05) is 26.3 Å². The largest absolute Gasteiger partial charge is 0.416 e. The van der Waals surface area contributed by atoms with Crippen molar-refractivity contribution >= 4 is 5.91 Å². The summed E-state index contributed by atoms with van der Waals surface area (Å²) in [7, 11) is 0. The van der Waals surface area contributed by atoms with Gasteiger partial charge in [0.1, 0.15) is 6.17 Å². The summed E-state index contributed by atoms with van der Waals surface area (Å²) in [6.45, 7) is 5.56. The van der Waals surface area contributed by atoms with E-state index in [-0.39, 0.29) is 23.9 Å². The Labute approximate surface area is 247 Å². The molecule has 43 heavy (non-hydrogen) atoms. The fourth-order valence-corrected chi connectivity index (χ4v) is 6.96. The molecule has 1 N–H and O–H groups in total. The summed E-state index contributed by atoms with van der Waals surface area (Å²) < 4.78 is 103. The molecule has 1 amide bonds. The molecule has 0 aromatic heterocycles. The van der Waals surface area contributed by atoms with E-state index in [1.165, 1.54) is 13.8 Å². The fourth-order valence-electron chi connectivity index (χ4n) is 6.96. The van der Waals surface area contributed by atoms with Crippen LogP contribution < -0.4 is 5.32 Å². The highest BCUT2D eigenvalue weighted by Gasteiger charge is 2.49. The number of hydrogen-bond acceptors (Lipinski definition) is 3. The molecule has 3 aliphatic rings. The normalized spacial score (nSPS) is 26.9. The minimum Gasteiger partial charge on any atom is -0.381 e. The van der Waals surface area contributed by atoms with E-state index in [9.17, 15) is 31.1 Å². The first-order valence-electron chi connectivity index (χ1n) is 14.7. The zero-order valence-corrected chi connectivity index (χ0v) is 24.3. The van der Waals surface area contributed by atoms with Gasteiger partial charge in [0.15, 0.2) is 0 Å². The summed E-state index contributed by atoms with van der Waals surface area (Å²) in [6.07, 6.45) is -7.79. The lowest BCUT2D eigenvalue weighted by atomic mass is 9.71. The molecule has 2 heterocycles. The van der Waals surface area contributed by atoms with Gasteiger partial charge in [0.05, 0.1) is 28.7 Å². The third-order valence-corrected chi connectivity index (χ3v) is 9.90. The highest BCUT2D eigenvalue weighted by molar-refractivity contribution is 5.88. The van der Waals surface area contributed by atoms with Crippen molar-refractivity contribution in [3.8, 4) is 0 Å². The van der Waals surface area contributed by atoms with E-state index in [1.54, 1.807) is 30.3 Å². The average molecular weight is 615 g/mol. The van der Waals surface area contributed by atoms with Crippen molar-refractivity contribution in [2.24, 2.45) is 5.41 Å². The fraction of sp³-hybridized carbons (Fsp3) is 0.594. The smallest absolute Gasteiger partial charge is 0.381 e. The number of alkyl halides is 7. The number of piperidine rings is 1. The van der Waals surface area contributed by atoms with E-state index in [4.69, 9.17) is 4.74 Å². The standard InChI is InChI=1S/C32H37F7N2O2/c1-28(2,22-16-23(31(34,35)36)18-24(17-22)32(37,38)39)27(42)40-30(21-6-4-3-5-7-21)9-8-26(25(33)19-30)41-13-10-29(11-14-41)12-15-43-20-29/h3-7,16-18,25-26H,8-15,19-20H2,1-2H3,(H,40,42)/t25-,26+,30-/m0/s1. The van der Waals surface area contributed by atoms with Gasteiger partial charge >= 0.3 is 12.4 Å². The molecule has 1 aliphatic carbocycles. The van der Waals surface area contributed by atoms with Crippen LogP contribution in [-0.4, -0.2) is 49.3 Å². The minimum atomic E-state index is -5.05. The number of carbonyl (C=O) groups excluding carboxylic acids is 1. The summed E-state index contributed by atoms with van der Waals surface area (Å²) >= 11 is 0. The van der Waals surface area contributed by atoms with Crippen molar-refractivity contribution < 1.29 is 40.3 Å². The molecule has 11 heteroatoms. The molecule has 5 rings (SSSR count). The van der Waals surface area contributed by atoms with Crippen LogP contribution in [0, 0.1) is 5.41 Å². The number of carbonyl (C=O) groups is 1. The topological polar surface area (TPSA) is 41.6 Å². The van der Waals surface area contributed by atoms with Crippen molar-refractivity contribution in [1.82, 2.24) is 10.2 Å². The Morgan fingerprint density at radius 2 is 1.47 bits per heavy atom.